The van der Waals surface area contributed by atoms with Crippen LogP contribution in [0.4, 0.5) is 0 Å². The van der Waals surface area contributed by atoms with Gasteiger partial charge in [0, 0.05) is 6.92 Å². The van der Waals surface area contributed by atoms with E-state index < -0.39 is 29.2 Å². The molecule has 6 unspecified atom stereocenters. The monoisotopic (exact) mass is 340 g/mol. The van der Waals surface area contributed by atoms with Gasteiger partial charge in [0.15, 0.2) is 0 Å². The molecule has 0 amide bonds. The Morgan fingerprint density at radius 1 is 1.04 bits per heavy atom. The Kier molecular flexibility index (Phi) is 4.64. The molecular weight excluding hydrogens is 312 g/mol. The number of fused-ring (bicyclic) bond motifs is 1. The van der Waals surface area contributed by atoms with E-state index in [1.54, 1.807) is 13.8 Å². The van der Waals surface area contributed by atoms with E-state index >= 15 is 0 Å². The van der Waals surface area contributed by atoms with Crippen molar-refractivity contribution in [2.45, 2.75) is 90.3 Å². The van der Waals surface area contributed by atoms with Crippen LogP contribution >= 0.6 is 0 Å². The number of esters is 2. The van der Waals surface area contributed by atoms with Gasteiger partial charge in [-0.2, -0.15) is 0 Å². The van der Waals surface area contributed by atoms with E-state index in [1.807, 2.05) is 6.92 Å². The fraction of sp³-hybridized carbons (Fsp3) is 0.889. The summed E-state index contributed by atoms with van der Waals surface area (Å²) in [7, 11) is 0. The highest BCUT2D eigenvalue weighted by Crippen LogP contribution is 2.47. The lowest BCUT2D eigenvalue weighted by Gasteiger charge is -2.35. The Balaban J connectivity index is 1.52. The minimum absolute atomic E-state index is 0.178. The van der Waals surface area contributed by atoms with Crippen molar-refractivity contribution in [2.75, 3.05) is 0 Å². The highest BCUT2D eigenvalue weighted by molar-refractivity contribution is 5.78. The number of ether oxygens (including phenoxy) is 3. The van der Waals surface area contributed by atoms with Gasteiger partial charge in [-0.05, 0) is 58.8 Å². The largest absolute Gasteiger partial charge is 0.425 e. The van der Waals surface area contributed by atoms with Crippen molar-refractivity contribution < 1.29 is 28.9 Å². The van der Waals surface area contributed by atoms with Crippen LogP contribution in [0.15, 0.2) is 0 Å². The molecule has 6 nitrogen and oxygen atoms in total. The van der Waals surface area contributed by atoms with Crippen LogP contribution in [-0.2, 0) is 23.8 Å². The number of epoxide rings is 1. The summed E-state index contributed by atoms with van der Waals surface area (Å²) in [5.41, 5.74) is -1.27. The van der Waals surface area contributed by atoms with Gasteiger partial charge in [-0.1, -0.05) is 0 Å². The summed E-state index contributed by atoms with van der Waals surface area (Å²) in [6, 6.07) is 0. The van der Waals surface area contributed by atoms with Crippen LogP contribution in [0.1, 0.15) is 65.7 Å². The number of hydrogen-bond acceptors (Lipinski definition) is 6. The minimum Gasteiger partial charge on any atom is -0.425 e. The van der Waals surface area contributed by atoms with Crippen molar-refractivity contribution in [1.29, 1.82) is 0 Å². The van der Waals surface area contributed by atoms with Crippen LogP contribution in [0.2, 0.25) is 0 Å². The number of aliphatic hydroxyl groups is 1. The third-order valence-electron chi connectivity index (χ3n) is 5.80. The Morgan fingerprint density at radius 2 is 1.67 bits per heavy atom. The Labute approximate surface area is 142 Å². The Hall–Kier alpha value is -1.14. The van der Waals surface area contributed by atoms with E-state index in [0.717, 1.165) is 25.7 Å². The van der Waals surface area contributed by atoms with Crippen LogP contribution in [0.5, 0.6) is 0 Å². The Bertz CT molecular complexity index is 496. The van der Waals surface area contributed by atoms with Crippen molar-refractivity contribution in [3.8, 4) is 0 Å². The third kappa shape index (κ3) is 3.59. The molecule has 1 N–H and O–H groups in total. The molecule has 3 fully saturated rings. The molecule has 1 aliphatic heterocycles. The molecule has 136 valence electrons. The summed E-state index contributed by atoms with van der Waals surface area (Å²) in [4.78, 5) is 24.9. The molecule has 6 heteroatoms. The second-order valence-electron chi connectivity index (χ2n) is 8.21. The number of carbonyl (C=O) groups excluding carboxylic acids is 2. The quantitative estimate of drug-likeness (QED) is 0.480. The van der Waals surface area contributed by atoms with Gasteiger partial charge >= 0.3 is 11.9 Å². The zero-order chi connectivity index (χ0) is 17.5. The first-order chi connectivity index (χ1) is 11.2. The SMILES string of the molecule is CC(OC(=O)C1(C)CCCC(O)C1)OC(=O)C1(C)CCC2OC2C1. The van der Waals surface area contributed by atoms with Gasteiger partial charge in [0.1, 0.15) is 0 Å². The zero-order valence-electron chi connectivity index (χ0n) is 14.7. The second kappa shape index (κ2) is 6.30. The summed E-state index contributed by atoms with van der Waals surface area (Å²) < 4.78 is 16.2. The molecule has 24 heavy (non-hydrogen) atoms. The second-order valence-corrected chi connectivity index (χ2v) is 8.21. The van der Waals surface area contributed by atoms with Crippen molar-refractivity contribution in [2.24, 2.45) is 10.8 Å². The number of carbonyl (C=O) groups is 2. The lowest BCUT2D eigenvalue weighted by molar-refractivity contribution is -0.200. The van der Waals surface area contributed by atoms with E-state index in [1.165, 1.54) is 0 Å². The Morgan fingerprint density at radius 3 is 2.25 bits per heavy atom. The van der Waals surface area contributed by atoms with Crippen molar-refractivity contribution in [3.05, 3.63) is 0 Å². The highest BCUT2D eigenvalue weighted by Gasteiger charge is 2.52. The number of hydrogen-bond donors (Lipinski definition) is 1. The predicted molar refractivity (Wildman–Crippen MR) is 84.8 cm³/mol. The van der Waals surface area contributed by atoms with Crippen LogP contribution in [0.25, 0.3) is 0 Å². The average Bonchev–Trinajstić information content (AvgIpc) is 3.24. The first-order valence-electron chi connectivity index (χ1n) is 8.98. The first-order valence-corrected chi connectivity index (χ1v) is 8.98. The number of rotatable bonds is 4. The lowest BCUT2D eigenvalue weighted by Crippen LogP contribution is -2.41. The molecule has 0 spiro atoms. The summed E-state index contributed by atoms with van der Waals surface area (Å²) in [6.07, 6.45) is 3.97. The highest BCUT2D eigenvalue weighted by atomic mass is 16.7. The maximum atomic E-state index is 12.5. The predicted octanol–water partition coefficient (Wildman–Crippen LogP) is 2.32. The van der Waals surface area contributed by atoms with Crippen LogP contribution < -0.4 is 0 Å². The van der Waals surface area contributed by atoms with Crippen molar-refractivity contribution >= 4 is 11.9 Å². The molecule has 1 heterocycles. The molecule has 0 radical (unpaired) electrons. The van der Waals surface area contributed by atoms with E-state index in [2.05, 4.69) is 0 Å². The normalized spacial score (nSPS) is 42.6. The maximum absolute atomic E-state index is 12.5. The molecule has 2 saturated carbocycles. The van der Waals surface area contributed by atoms with Crippen LogP contribution in [-0.4, -0.2) is 41.6 Å². The van der Waals surface area contributed by atoms with E-state index in [-0.39, 0.29) is 12.1 Å². The molecule has 0 aromatic rings. The summed E-state index contributed by atoms with van der Waals surface area (Å²) in [5.74, 6) is -0.730. The molecule has 2 aliphatic carbocycles. The minimum atomic E-state index is -0.921. The van der Waals surface area contributed by atoms with E-state index in [4.69, 9.17) is 14.2 Å². The summed E-state index contributed by atoms with van der Waals surface area (Å²) in [6.45, 7) is 5.26. The van der Waals surface area contributed by atoms with Gasteiger partial charge in [-0.3, -0.25) is 9.59 Å². The smallest absolute Gasteiger partial charge is 0.314 e. The topological polar surface area (TPSA) is 85.4 Å². The summed E-state index contributed by atoms with van der Waals surface area (Å²) >= 11 is 0. The first kappa shape index (κ1) is 17.7. The molecule has 3 aliphatic rings. The number of aliphatic hydroxyl groups excluding tert-OH is 1. The van der Waals surface area contributed by atoms with Gasteiger partial charge in [0.05, 0.1) is 29.1 Å². The fourth-order valence-corrected chi connectivity index (χ4v) is 4.05. The lowest BCUT2D eigenvalue weighted by atomic mass is 9.74. The zero-order valence-corrected chi connectivity index (χ0v) is 14.7. The van der Waals surface area contributed by atoms with Crippen molar-refractivity contribution in [3.63, 3.8) is 0 Å². The van der Waals surface area contributed by atoms with E-state index in [9.17, 15) is 14.7 Å². The van der Waals surface area contributed by atoms with Crippen LogP contribution in [0, 0.1) is 10.8 Å². The average molecular weight is 340 g/mol. The molecule has 1 saturated heterocycles. The van der Waals surface area contributed by atoms with Gasteiger partial charge < -0.3 is 19.3 Å². The van der Waals surface area contributed by atoms with Crippen molar-refractivity contribution in [1.82, 2.24) is 0 Å². The summed E-state index contributed by atoms with van der Waals surface area (Å²) in [5, 5.41) is 9.80. The molecule has 0 aromatic carbocycles. The molecular formula is C18H28O6. The van der Waals surface area contributed by atoms with Gasteiger partial charge in [0.25, 0.3) is 0 Å². The van der Waals surface area contributed by atoms with Crippen LogP contribution in [0.3, 0.4) is 0 Å². The van der Waals surface area contributed by atoms with E-state index in [0.29, 0.717) is 25.4 Å². The van der Waals surface area contributed by atoms with Gasteiger partial charge in [0.2, 0.25) is 6.29 Å². The van der Waals surface area contributed by atoms with Gasteiger partial charge in [-0.25, -0.2) is 0 Å². The molecule has 0 bridgehead atoms. The molecule has 6 atom stereocenters. The fourth-order valence-electron chi connectivity index (χ4n) is 4.05. The molecule has 0 aromatic heterocycles. The third-order valence-corrected chi connectivity index (χ3v) is 5.80. The van der Waals surface area contributed by atoms with Gasteiger partial charge in [-0.15, -0.1) is 0 Å². The maximum Gasteiger partial charge on any atom is 0.314 e. The standard InChI is InChI=1S/C18H28O6/c1-11(22-15(20)17(2)7-4-5-12(19)9-17)23-16(21)18(3)8-6-13-14(10-18)24-13/h11-14,19H,4-10H2,1-3H3. The molecule has 3 rings (SSSR count).